The minimum absolute atomic E-state index is 0.0711. The van der Waals surface area contributed by atoms with Gasteiger partial charge >= 0.3 is 11.9 Å². The van der Waals surface area contributed by atoms with Crippen LogP contribution in [-0.4, -0.2) is 71.6 Å². The molecule has 0 saturated carbocycles. The second kappa shape index (κ2) is 14.2. The van der Waals surface area contributed by atoms with E-state index in [1.807, 2.05) is 89.7 Å². The van der Waals surface area contributed by atoms with Crippen molar-refractivity contribution in [3.63, 3.8) is 0 Å². The smallest absolute Gasteiger partial charge is 0.340 e. The van der Waals surface area contributed by atoms with Gasteiger partial charge in [-0.1, -0.05) is 81.6 Å². The number of rotatable bonds is 4. The molecule has 10 rings (SSSR count). The van der Waals surface area contributed by atoms with E-state index in [0.29, 0.717) is 28.9 Å². The van der Waals surface area contributed by atoms with E-state index in [-0.39, 0.29) is 24.3 Å². The highest BCUT2D eigenvalue weighted by Gasteiger charge is 2.58. The van der Waals surface area contributed by atoms with Gasteiger partial charge in [-0.2, -0.15) is 0 Å². The van der Waals surface area contributed by atoms with Crippen LogP contribution >= 0.6 is 0 Å². The van der Waals surface area contributed by atoms with E-state index in [1.54, 1.807) is 12.1 Å². The van der Waals surface area contributed by atoms with E-state index < -0.39 is 27.3 Å². The van der Waals surface area contributed by atoms with Crippen LogP contribution in [0.5, 0.6) is 11.5 Å². The van der Waals surface area contributed by atoms with E-state index >= 15 is 0 Å². The van der Waals surface area contributed by atoms with Gasteiger partial charge in [0.2, 0.25) is 0 Å². The SMILES string of the molecule is CCc1cc2c(cc1O)[Si](C)(C)c1cc(N(C)C)ccc1C21OC(=O)c2ccccc21.CN(C)c1ccc2c(c1)[Si](C)(C)c1cc(O)c(CO)cc1C21OC(=O)c2ccccc21. The molecule has 2 spiro atoms. The van der Waals surface area contributed by atoms with E-state index in [9.17, 15) is 24.9 Å². The monoisotopic (exact) mass is 860 g/mol. The van der Waals surface area contributed by atoms with Crippen LogP contribution in [0.15, 0.2) is 109 Å². The van der Waals surface area contributed by atoms with E-state index in [0.717, 1.165) is 60.7 Å². The number of aromatic hydroxyl groups is 2. The Balaban J connectivity index is 0.000000158. The van der Waals surface area contributed by atoms with Crippen LogP contribution < -0.4 is 30.5 Å². The lowest BCUT2D eigenvalue weighted by molar-refractivity contribution is 0.0245. The first-order valence-corrected chi connectivity index (χ1v) is 27.1. The van der Waals surface area contributed by atoms with Gasteiger partial charge in [0, 0.05) is 78.5 Å². The van der Waals surface area contributed by atoms with Crippen LogP contribution in [0, 0.1) is 0 Å². The fourth-order valence-corrected chi connectivity index (χ4v) is 16.7. The molecule has 0 fully saturated rings. The number of phenolic OH excluding ortho intramolecular Hbond substituents is 1. The van der Waals surface area contributed by atoms with Gasteiger partial charge in [0.1, 0.15) is 27.6 Å². The van der Waals surface area contributed by atoms with Crippen molar-refractivity contribution < 1.29 is 34.4 Å². The van der Waals surface area contributed by atoms with Crippen molar-refractivity contribution in [1.82, 2.24) is 0 Å². The first-order chi connectivity index (χ1) is 29.4. The zero-order chi connectivity index (χ0) is 44.3. The Bertz CT molecular complexity index is 2690. The van der Waals surface area contributed by atoms with Crippen LogP contribution in [0.25, 0.3) is 0 Å². The van der Waals surface area contributed by atoms with Gasteiger partial charge in [-0.25, -0.2) is 9.59 Å². The Morgan fingerprint density at radius 2 is 0.903 bits per heavy atom. The van der Waals surface area contributed by atoms with Gasteiger partial charge in [-0.3, -0.25) is 0 Å². The van der Waals surface area contributed by atoms with Crippen LogP contribution in [0.1, 0.15) is 72.1 Å². The molecule has 62 heavy (non-hydrogen) atoms. The molecule has 6 aromatic rings. The third kappa shape index (κ3) is 5.60. The minimum atomic E-state index is -2.27. The summed E-state index contributed by atoms with van der Waals surface area (Å²) in [5, 5.41) is 35.8. The third-order valence-electron chi connectivity index (χ3n) is 13.8. The van der Waals surface area contributed by atoms with Crippen LogP contribution in [-0.2, 0) is 33.7 Å². The molecule has 6 aromatic carbocycles. The summed E-state index contributed by atoms with van der Waals surface area (Å²) in [4.78, 5) is 30.2. The molecule has 0 aliphatic carbocycles. The number of carbonyl (C=O) groups is 2. The molecule has 316 valence electrons. The molecule has 0 bridgehead atoms. The van der Waals surface area contributed by atoms with Gasteiger partial charge in [0.15, 0.2) is 11.2 Å². The summed E-state index contributed by atoms with van der Waals surface area (Å²) in [6.07, 6.45) is 0.708. The van der Waals surface area contributed by atoms with Gasteiger partial charge in [-0.15, -0.1) is 0 Å². The number of fused-ring (bicyclic) bond motifs is 12. The number of aliphatic hydroxyl groups excluding tert-OH is 1. The molecule has 2 atom stereocenters. The van der Waals surface area contributed by atoms with Crippen molar-refractivity contribution in [3.05, 3.63) is 165 Å². The standard InChI is InChI=1S/C26H27NO3Si.C25H25NO4Si/c1-6-16-13-21-24(15-22(16)28)31(4,5)23-14-17(27(2)3)11-12-20(23)26(21)19-10-8-7-9-18(19)25(29)30-26;1-26(2)16-9-10-19-22(12-16)31(3,4)23-13-21(28)15(14-27)11-20(23)25(19)18-8-6-5-7-17(18)24(29)30-25/h7-15,28H,6H2,1-5H3;5-13,27-28H,14H2,1-4H3. The number of carbonyl (C=O) groups excluding carboxylic acids is 2. The summed E-state index contributed by atoms with van der Waals surface area (Å²) < 4.78 is 12.6. The number of benzene rings is 6. The minimum Gasteiger partial charge on any atom is -0.508 e. The normalized spacial score (nSPS) is 20.1. The van der Waals surface area contributed by atoms with Crippen molar-refractivity contribution in [2.45, 2.75) is 57.3 Å². The average molecular weight is 861 g/mol. The quantitative estimate of drug-likeness (QED) is 0.141. The molecule has 4 aliphatic heterocycles. The number of aryl methyl sites for hydroxylation is 1. The molecule has 0 saturated heterocycles. The second-order valence-electron chi connectivity index (χ2n) is 18.3. The molecule has 0 amide bonds. The maximum absolute atomic E-state index is 13.0. The predicted molar refractivity (Wildman–Crippen MR) is 250 cm³/mol. The molecule has 4 heterocycles. The lowest BCUT2D eigenvalue weighted by Crippen LogP contribution is -2.63. The van der Waals surface area contributed by atoms with Crippen molar-refractivity contribution >= 4 is 60.2 Å². The molecular weight excluding hydrogens is 809 g/mol. The number of hydrogen-bond donors (Lipinski definition) is 3. The molecule has 0 radical (unpaired) electrons. The summed E-state index contributed by atoms with van der Waals surface area (Å²) >= 11 is 0. The lowest BCUT2D eigenvalue weighted by atomic mass is 9.78. The highest BCUT2D eigenvalue weighted by molar-refractivity contribution is 7.02. The topological polar surface area (TPSA) is 120 Å². The van der Waals surface area contributed by atoms with Crippen molar-refractivity contribution in [3.8, 4) is 11.5 Å². The zero-order valence-corrected chi connectivity index (χ0v) is 38.7. The van der Waals surface area contributed by atoms with Gasteiger partial charge in [0.25, 0.3) is 0 Å². The van der Waals surface area contributed by atoms with Gasteiger partial charge in [-0.05, 0) is 93.4 Å². The second-order valence-corrected chi connectivity index (χ2v) is 27.0. The fraction of sp³-hybridized carbons (Fsp3) is 0.255. The van der Waals surface area contributed by atoms with Gasteiger partial charge in [0.05, 0.1) is 17.7 Å². The van der Waals surface area contributed by atoms with Crippen LogP contribution in [0.2, 0.25) is 26.2 Å². The van der Waals surface area contributed by atoms with E-state index in [1.165, 1.54) is 10.4 Å². The molecule has 0 aromatic heterocycles. The Hall–Kier alpha value is -6.15. The number of phenols is 2. The van der Waals surface area contributed by atoms with Crippen molar-refractivity contribution in [2.24, 2.45) is 0 Å². The summed E-state index contributed by atoms with van der Waals surface area (Å²) in [5.41, 5.74) is 8.13. The van der Waals surface area contributed by atoms with Gasteiger partial charge < -0.3 is 34.6 Å². The summed E-state index contributed by atoms with van der Waals surface area (Å²) in [7, 11) is 3.62. The molecule has 4 aliphatic rings. The summed E-state index contributed by atoms with van der Waals surface area (Å²) in [6, 6.07) is 35.6. The number of hydrogen-bond acceptors (Lipinski definition) is 9. The Morgan fingerprint density at radius 1 is 0.516 bits per heavy atom. The average Bonchev–Trinajstić information content (AvgIpc) is 3.73. The zero-order valence-electron chi connectivity index (χ0n) is 36.7. The first kappa shape index (κ1) is 41.2. The van der Waals surface area contributed by atoms with E-state index in [4.69, 9.17) is 9.47 Å². The molecule has 2 unspecified atom stereocenters. The number of esters is 2. The lowest BCUT2D eigenvalue weighted by Gasteiger charge is -2.44. The van der Waals surface area contributed by atoms with E-state index in [2.05, 4.69) is 78.5 Å². The van der Waals surface area contributed by atoms with Crippen LogP contribution in [0.4, 0.5) is 11.4 Å². The summed E-state index contributed by atoms with van der Waals surface area (Å²) in [5.74, 6) is -0.260. The molecular formula is C51H52N2O7Si2. The Labute approximate surface area is 364 Å². The highest BCUT2D eigenvalue weighted by Crippen LogP contribution is 2.51. The van der Waals surface area contributed by atoms with Crippen molar-refractivity contribution in [2.75, 3.05) is 38.0 Å². The largest absolute Gasteiger partial charge is 0.508 e. The first-order valence-electron chi connectivity index (χ1n) is 21.1. The molecule has 11 heteroatoms. The van der Waals surface area contributed by atoms with Crippen LogP contribution in [0.3, 0.4) is 0 Å². The fourth-order valence-electron chi connectivity index (χ4n) is 10.4. The number of anilines is 2. The molecule has 3 N–H and O–H groups in total. The maximum atomic E-state index is 13.0. The Kier molecular flexibility index (Phi) is 9.44. The summed E-state index contributed by atoms with van der Waals surface area (Å²) in [6.45, 7) is 10.9. The highest BCUT2D eigenvalue weighted by atomic mass is 28.3. The number of ether oxygens (including phenoxy) is 2. The molecule has 9 nitrogen and oxygen atoms in total. The third-order valence-corrected chi connectivity index (χ3v) is 20.8. The maximum Gasteiger partial charge on any atom is 0.340 e. The number of aliphatic hydroxyl groups is 1. The Morgan fingerprint density at radius 3 is 1.31 bits per heavy atom. The van der Waals surface area contributed by atoms with Crippen molar-refractivity contribution in [1.29, 1.82) is 0 Å². The predicted octanol–water partition coefficient (Wildman–Crippen LogP) is 6.17. The number of nitrogens with zero attached hydrogens (tertiary/aromatic N) is 2.